The van der Waals surface area contributed by atoms with Gasteiger partial charge in [0.1, 0.15) is 11.3 Å². The Balaban J connectivity index is 1.57. The van der Waals surface area contributed by atoms with Crippen LogP contribution in [0.15, 0.2) is 47.4 Å². The quantitative estimate of drug-likeness (QED) is 0.600. The van der Waals surface area contributed by atoms with Crippen molar-refractivity contribution >= 4 is 43.1 Å². The standard InChI is InChI=1S/C22H21NO5S2/c1-30(27,28)17-8-4-7-16-21(17)23-19(29-16)10-9-18(24)22(13-20(25)26)11-14-5-2-3-6-15(14)12-22/h2-8H,9-13H2,1H3,(H,25,26). The fraction of sp³-hybridized carbons (Fsp3) is 0.318. The maximum Gasteiger partial charge on any atom is 0.304 e. The molecule has 0 atom stereocenters. The highest BCUT2D eigenvalue weighted by Gasteiger charge is 2.44. The van der Waals surface area contributed by atoms with Gasteiger partial charge in [-0.05, 0) is 36.1 Å². The number of benzene rings is 2. The molecule has 156 valence electrons. The first-order valence-electron chi connectivity index (χ1n) is 9.58. The molecule has 30 heavy (non-hydrogen) atoms. The Hall–Kier alpha value is -2.58. The molecule has 0 bridgehead atoms. The number of fused-ring (bicyclic) bond motifs is 2. The van der Waals surface area contributed by atoms with Gasteiger partial charge in [0, 0.05) is 24.5 Å². The Morgan fingerprint density at radius 2 is 1.77 bits per heavy atom. The molecule has 0 amide bonds. The van der Waals surface area contributed by atoms with Gasteiger partial charge in [-0.1, -0.05) is 30.3 Å². The molecule has 0 unspecified atom stereocenters. The lowest BCUT2D eigenvalue weighted by Crippen LogP contribution is -2.35. The Morgan fingerprint density at radius 3 is 2.37 bits per heavy atom. The number of carbonyl (C=O) groups excluding carboxylic acids is 1. The van der Waals surface area contributed by atoms with Crippen molar-refractivity contribution in [3.8, 4) is 0 Å². The Bertz CT molecular complexity index is 1230. The first-order chi connectivity index (χ1) is 14.2. The minimum atomic E-state index is -3.40. The van der Waals surface area contributed by atoms with Crippen molar-refractivity contribution in [1.29, 1.82) is 0 Å². The van der Waals surface area contributed by atoms with Crippen LogP contribution >= 0.6 is 11.3 Å². The first kappa shape index (κ1) is 20.7. The summed E-state index contributed by atoms with van der Waals surface area (Å²) in [6.07, 6.45) is 2.36. The number of nitrogens with zero attached hydrogens (tertiary/aromatic N) is 1. The van der Waals surface area contributed by atoms with E-state index in [-0.39, 0.29) is 23.5 Å². The lowest BCUT2D eigenvalue weighted by molar-refractivity contribution is -0.144. The number of para-hydroxylation sites is 1. The number of Topliss-reactive ketones (excluding diaryl/α,β-unsaturated/α-hetero) is 1. The van der Waals surface area contributed by atoms with Crippen LogP contribution in [0.2, 0.25) is 0 Å². The summed E-state index contributed by atoms with van der Waals surface area (Å²) >= 11 is 1.37. The molecule has 0 fully saturated rings. The van der Waals surface area contributed by atoms with Crippen LogP contribution in [0.25, 0.3) is 10.2 Å². The summed E-state index contributed by atoms with van der Waals surface area (Å²) < 4.78 is 24.8. The van der Waals surface area contributed by atoms with Gasteiger partial charge in [-0.25, -0.2) is 13.4 Å². The van der Waals surface area contributed by atoms with E-state index in [4.69, 9.17) is 0 Å². The molecule has 0 saturated heterocycles. The number of ketones is 1. The van der Waals surface area contributed by atoms with Crippen LogP contribution in [0.1, 0.15) is 29.0 Å². The molecule has 0 radical (unpaired) electrons. The zero-order valence-corrected chi connectivity index (χ0v) is 18.1. The number of aliphatic carboxylic acids is 1. The highest BCUT2D eigenvalue weighted by Crippen LogP contribution is 2.41. The number of sulfone groups is 1. The van der Waals surface area contributed by atoms with Crippen molar-refractivity contribution in [3.05, 3.63) is 58.6 Å². The van der Waals surface area contributed by atoms with Crippen LogP contribution in [0, 0.1) is 5.41 Å². The van der Waals surface area contributed by atoms with Crippen LogP contribution in [0.5, 0.6) is 0 Å². The van der Waals surface area contributed by atoms with Crippen molar-refractivity contribution in [2.24, 2.45) is 5.41 Å². The number of rotatable bonds is 7. The second-order valence-corrected chi connectivity index (χ2v) is 11.0. The summed E-state index contributed by atoms with van der Waals surface area (Å²) in [5.41, 5.74) is 1.57. The van der Waals surface area contributed by atoms with E-state index in [0.717, 1.165) is 22.1 Å². The summed E-state index contributed by atoms with van der Waals surface area (Å²) in [5.74, 6) is -1.06. The number of carbonyl (C=O) groups is 2. The lowest BCUT2D eigenvalue weighted by atomic mass is 9.76. The summed E-state index contributed by atoms with van der Waals surface area (Å²) in [4.78, 5) is 29.4. The van der Waals surface area contributed by atoms with Crippen molar-refractivity contribution in [2.45, 2.75) is 37.0 Å². The largest absolute Gasteiger partial charge is 0.481 e. The monoisotopic (exact) mass is 443 g/mol. The predicted octanol–water partition coefficient (Wildman–Crippen LogP) is 3.46. The molecule has 1 aliphatic rings. The lowest BCUT2D eigenvalue weighted by Gasteiger charge is -2.25. The maximum absolute atomic E-state index is 13.2. The molecule has 2 aromatic carbocycles. The van der Waals surface area contributed by atoms with E-state index in [1.807, 2.05) is 30.3 Å². The minimum Gasteiger partial charge on any atom is -0.481 e. The summed E-state index contributed by atoms with van der Waals surface area (Å²) in [6.45, 7) is 0. The van der Waals surface area contributed by atoms with E-state index in [2.05, 4.69) is 4.98 Å². The second kappa shape index (κ2) is 7.59. The van der Waals surface area contributed by atoms with Crippen LogP contribution in [0.3, 0.4) is 0 Å². The molecular weight excluding hydrogens is 422 g/mol. The van der Waals surface area contributed by atoms with Crippen LogP contribution in [-0.2, 0) is 38.7 Å². The van der Waals surface area contributed by atoms with Crippen molar-refractivity contribution < 1.29 is 23.1 Å². The zero-order valence-electron chi connectivity index (χ0n) is 16.4. The summed E-state index contributed by atoms with van der Waals surface area (Å²) in [7, 11) is -3.40. The second-order valence-electron chi connectivity index (χ2n) is 7.88. The molecule has 1 aromatic heterocycles. The van der Waals surface area contributed by atoms with E-state index in [0.29, 0.717) is 29.8 Å². The average Bonchev–Trinajstić information content (AvgIpc) is 3.25. The van der Waals surface area contributed by atoms with Gasteiger partial charge in [-0.2, -0.15) is 0 Å². The van der Waals surface area contributed by atoms with Gasteiger partial charge in [-0.15, -0.1) is 11.3 Å². The Labute approximate surface area is 178 Å². The van der Waals surface area contributed by atoms with E-state index < -0.39 is 21.2 Å². The normalized spacial score (nSPS) is 15.2. The van der Waals surface area contributed by atoms with E-state index in [1.54, 1.807) is 6.07 Å². The maximum atomic E-state index is 13.2. The molecule has 6 nitrogen and oxygen atoms in total. The molecule has 1 heterocycles. The number of thiazole rings is 1. The topological polar surface area (TPSA) is 101 Å². The number of hydrogen-bond donors (Lipinski definition) is 1. The van der Waals surface area contributed by atoms with Crippen LogP contribution in [0.4, 0.5) is 0 Å². The Morgan fingerprint density at radius 1 is 1.10 bits per heavy atom. The molecule has 8 heteroatoms. The van der Waals surface area contributed by atoms with Gasteiger partial charge in [0.2, 0.25) is 0 Å². The van der Waals surface area contributed by atoms with Gasteiger partial charge in [0.25, 0.3) is 0 Å². The highest BCUT2D eigenvalue weighted by molar-refractivity contribution is 7.91. The van der Waals surface area contributed by atoms with Crippen LogP contribution in [-0.4, -0.2) is 36.5 Å². The van der Waals surface area contributed by atoms with Crippen LogP contribution < -0.4 is 0 Å². The van der Waals surface area contributed by atoms with E-state index in [9.17, 15) is 23.1 Å². The van der Waals surface area contributed by atoms with Crippen molar-refractivity contribution in [3.63, 3.8) is 0 Å². The third kappa shape index (κ3) is 3.89. The molecule has 1 aliphatic carbocycles. The number of carboxylic acid groups (broad SMARTS) is 1. The number of aromatic nitrogens is 1. The molecule has 0 spiro atoms. The SMILES string of the molecule is CS(=O)(=O)c1cccc2sc(CCC(=O)C3(CC(=O)O)Cc4ccccc4C3)nc12. The first-order valence-corrected chi connectivity index (χ1v) is 12.3. The van der Waals surface area contributed by atoms with Crippen molar-refractivity contribution in [1.82, 2.24) is 4.98 Å². The molecule has 0 saturated carbocycles. The average molecular weight is 444 g/mol. The Kier molecular flexibility index (Phi) is 5.23. The smallest absolute Gasteiger partial charge is 0.304 e. The van der Waals surface area contributed by atoms with Gasteiger partial charge >= 0.3 is 5.97 Å². The molecule has 1 N–H and O–H groups in total. The number of hydrogen-bond acceptors (Lipinski definition) is 6. The zero-order chi connectivity index (χ0) is 21.5. The molecule has 4 rings (SSSR count). The highest BCUT2D eigenvalue weighted by atomic mass is 32.2. The third-order valence-corrected chi connectivity index (χ3v) is 7.86. The van der Waals surface area contributed by atoms with E-state index in [1.165, 1.54) is 17.4 Å². The minimum absolute atomic E-state index is 0.0799. The number of carboxylic acids is 1. The molecular formula is C22H21NO5S2. The van der Waals surface area contributed by atoms with Gasteiger partial charge in [0.15, 0.2) is 9.84 Å². The van der Waals surface area contributed by atoms with Gasteiger partial charge < -0.3 is 5.11 Å². The third-order valence-electron chi connectivity index (χ3n) is 5.65. The van der Waals surface area contributed by atoms with Gasteiger partial charge in [-0.3, -0.25) is 9.59 Å². The number of aryl methyl sites for hydroxylation is 1. The van der Waals surface area contributed by atoms with Crippen molar-refractivity contribution in [2.75, 3.05) is 6.26 Å². The summed E-state index contributed by atoms with van der Waals surface area (Å²) in [5, 5.41) is 10.1. The van der Waals surface area contributed by atoms with Gasteiger partial charge in [0.05, 0.1) is 21.0 Å². The fourth-order valence-corrected chi connectivity index (χ4v) is 6.16. The summed E-state index contributed by atoms with van der Waals surface area (Å²) in [6, 6.07) is 12.7. The molecule has 3 aromatic rings. The predicted molar refractivity (Wildman–Crippen MR) is 115 cm³/mol. The fourth-order valence-electron chi connectivity index (χ4n) is 4.27. The van der Waals surface area contributed by atoms with E-state index >= 15 is 0 Å². The molecule has 0 aliphatic heterocycles.